The Hall–Kier alpha value is -1.85. The Kier molecular flexibility index (Phi) is 4.34. The van der Waals surface area contributed by atoms with Crippen molar-refractivity contribution in [1.82, 2.24) is 4.57 Å². The number of aryl methyl sites for hydroxylation is 1. The number of ketones is 1. The lowest BCUT2D eigenvalue weighted by Gasteiger charge is -2.10. The van der Waals surface area contributed by atoms with E-state index in [1.165, 1.54) is 12.1 Å². The molecule has 0 amide bonds. The van der Waals surface area contributed by atoms with Crippen LogP contribution < -0.4 is 0 Å². The van der Waals surface area contributed by atoms with Crippen LogP contribution in [-0.2, 0) is 0 Å². The van der Waals surface area contributed by atoms with Gasteiger partial charge in [0.25, 0.3) is 5.69 Å². The lowest BCUT2D eigenvalue weighted by Crippen LogP contribution is -2.04. The van der Waals surface area contributed by atoms with Crippen LogP contribution in [0.5, 0.6) is 0 Å². The molecule has 0 fully saturated rings. The SMILES string of the molecule is Cc1cc(C(=O)CCl)c(C)n1-c1ccc(Cl)c([N+](=O)[O-])c1. The monoisotopic (exact) mass is 326 g/mol. The molecule has 0 saturated heterocycles. The summed E-state index contributed by atoms with van der Waals surface area (Å²) in [5, 5.41) is 11.0. The Morgan fingerprint density at radius 2 is 2.00 bits per heavy atom. The Labute approximate surface area is 131 Å². The molecule has 0 atom stereocenters. The second kappa shape index (κ2) is 5.87. The molecule has 0 radical (unpaired) electrons. The van der Waals surface area contributed by atoms with Gasteiger partial charge in [-0.3, -0.25) is 14.9 Å². The minimum absolute atomic E-state index is 0.0725. The van der Waals surface area contributed by atoms with Gasteiger partial charge >= 0.3 is 0 Å². The molecule has 7 heteroatoms. The van der Waals surface area contributed by atoms with Crippen LogP contribution in [0.25, 0.3) is 5.69 Å². The third-order valence-electron chi connectivity index (χ3n) is 3.24. The van der Waals surface area contributed by atoms with Gasteiger partial charge in [-0.15, -0.1) is 11.6 Å². The van der Waals surface area contributed by atoms with Gasteiger partial charge < -0.3 is 4.57 Å². The van der Waals surface area contributed by atoms with E-state index in [1.807, 2.05) is 6.92 Å². The predicted octanol–water partition coefficient (Wildman–Crippen LogP) is 4.08. The van der Waals surface area contributed by atoms with Crippen molar-refractivity contribution in [1.29, 1.82) is 0 Å². The molecular formula is C14H12Cl2N2O3. The Balaban J connectivity index is 2.63. The van der Waals surface area contributed by atoms with Crippen molar-refractivity contribution in [2.24, 2.45) is 0 Å². The normalized spacial score (nSPS) is 10.7. The molecule has 0 spiro atoms. The summed E-state index contributed by atoms with van der Waals surface area (Å²) in [7, 11) is 0. The summed E-state index contributed by atoms with van der Waals surface area (Å²) in [6.07, 6.45) is 0. The molecule has 0 aliphatic carbocycles. The lowest BCUT2D eigenvalue weighted by atomic mass is 10.2. The van der Waals surface area contributed by atoms with E-state index in [4.69, 9.17) is 23.2 Å². The number of aromatic nitrogens is 1. The Morgan fingerprint density at radius 1 is 1.33 bits per heavy atom. The number of hydrogen-bond donors (Lipinski definition) is 0. The highest BCUT2D eigenvalue weighted by molar-refractivity contribution is 6.32. The van der Waals surface area contributed by atoms with Gasteiger partial charge in [0.1, 0.15) is 5.02 Å². The van der Waals surface area contributed by atoms with E-state index in [0.29, 0.717) is 16.9 Å². The number of halogens is 2. The maximum Gasteiger partial charge on any atom is 0.289 e. The van der Waals surface area contributed by atoms with Crippen LogP contribution in [0.4, 0.5) is 5.69 Å². The third kappa shape index (κ3) is 2.80. The fourth-order valence-corrected chi connectivity index (χ4v) is 2.62. The van der Waals surface area contributed by atoms with E-state index in [0.717, 1.165) is 5.69 Å². The first kappa shape index (κ1) is 15.5. The fourth-order valence-electron chi connectivity index (χ4n) is 2.29. The van der Waals surface area contributed by atoms with Crippen molar-refractivity contribution in [2.75, 3.05) is 5.88 Å². The number of rotatable bonds is 4. The molecule has 0 saturated carbocycles. The number of Topliss-reactive ketones (excluding diaryl/α,β-unsaturated/α-hetero) is 1. The molecular weight excluding hydrogens is 315 g/mol. The van der Waals surface area contributed by atoms with Gasteiger partial charge in [0.2, 0.25) is 0 Å². The number of nitrogens with zero attached hydrogens (tertiary/aromatic N) is 2. The van der Waals surface area contributed by atoms with E-state index in [2.05, 4.69) is 0 Å². The van der Waals surface area contributed by atoms with Crippen molar-refractivity contribution in [3.05, 3.63) is 56.4 Å². The number of carbonyl (C=O) groups is 1. The van der Waals surface area contributed by atoms with E-state index >= 15 is 0 Å². The summed E-state index contributed by atoms with van der Waals surface area (Å²) in [5.74, 6) is -0.287. The van der Waals surface area contributed by atoms with Crippen LogP contribution in [0.3, 0.4) is 0 Å². The summed E-state index contributed by atoms with van der Waals surface area (Å²) in [6.45, 7) is 3.59. The molecule has 0 N–H and O–H groups in total. The third-order valence-corrected chi connectivity index (χ3v) is 3.80. The minimum Gasteiger partial charge on any atom is -0.318 e. The molecule has 110 valence electrons. The Morgan fingerprint density at radius 3 is 2.57 bits per heavy atom. The topological polar surface area (TPSA) is 65.1 Å². The number of carbonyl (C=O) groups excluding carboxylic acids is 1. The van der Waals surface area contributed by atoms with Gasteiger partial charge in [0.05, 0.1) is 16.5 Å². The lowest BCUT2D eigenvalue weighted by molar-refractivity contribution is -0.384. The quantitative estimate of drug-likeness (QED) is 0.368. The van der Waals surface area contributed by atoms with Gasteiger partial charge in [-0.25, -0.2) is 0 Å². The molecule has 2 rings (SSSR count). The van der Waals surface area contributed by atoms with Crippen molar-refractivity contribution >= 4 is 34.7 Å². The average molecular weight is 327 g/mol. The van der Waals surface area contributed by atoms with E-state index in [9.17, 15) is 14.9 Å². The van der Waals surface area contributed by atoms with Crippen LogP contribution in [0.15, 0.2) is 24.3 Å². The van der Waals surface area contributed by atoms with E-state index < -0.39 is 4.92 Å². The second-order valence-corrected chi connectivity index (χ2v) is 5.24. The van der Waals surface area contributed by atoms with Gasteiger partial charge in [-0.1, -0.05) is 11.6 Å². The van der Waals surface area contributed by atoms with Crippen LogP contribution in [0, 0.1) is 24.0 Å². The number of nitro groups is 1. The first-order chi connectivity index (χ1) is 9.86. The summed E-state index contributed by atoms with van der Waals surface area (Å²) >= 11 is 11.4. The van der Waals surface area contributed by atoms with Crippen molar-refractivity contribution in [3.63, 3.8) is 0 Å². The molecule has 0 unspecified atom stereocenters. The molecule has 0 aliphatic rings. The summed E-state index contributed by atoms with van der Waals surface area (Å²) in [6, 6.07) is 6.25. The molecule has 1 aromatic carbocycles. The second-order valence-electron chi connectivity index (χ2n) is 4.57. The fraction of sp³-hybridized carbons (Fsp3) is 0.214. The van der Waals surface area contributed by atoms with Crippen LogP contribution in [0.2, 0.25) is 5.02 Å². The van der Waals surface area contributed by atoms with Crippen molar-refractivity contribution in [2.45, 2.75) is 13.8 Å². The predicted molar refractivity (Wildman–Crippen MR) is 82.0 cm³/mol. The van der Waals surface area contributed by atoms with Crippen LogP contribution >= 0.6 is 23.2 Å². The molecule has 0 bridgehead atoms. The first-order valence-corrected chi connectivity index (χ1v) is 7.00. The van der Waals surface area contributed by atoms with Gasteiger partial charge in [0, 0.05) is 23.0 Å². The number of benzene rings is 1. The average Bonchev–Trinajstić information content (AvgIpc) is 2.74. The molecule has 21 heavy (non-hydrogen) atoms. The highest BCUT2D eigenvalue weighted by Gasteiger charge is 2.19. The van der Waals surface area contributed by atoms with E-state index in [1.54, 1.807) is 23.6 Å². The number of hydrogen-bond acceptors (Lipinski definition) is 3. The molecule has 1 aromatic heterocycles. The first-order valence-electron chi connectivity index (χ1n) is 6.09. The maximum atomic E-state index is 11.8. The molecule has 0 aliphatic heterocycles. The van der Waals surface area contributed by atoms with Gasteiger partial charge in [0.15, 0.2) is 5.78 Å². The smallest absolute Gasteiger partial charge is 0.289 e. The van der Waals surface area contributed by atoms with Crippen LogP contribution in [-0.4, -0.2) is 21.2 Å². The summed E-state index contributed by atoms with van der Waals surface area (Å²) < 4.78 is 1.77. The largest absolute Gasteiger partial charge is 0.318 e. The number of nitro benzene ring substituents is 1. The van der Waals surface area contributed by atoms with Crippen molar-refractivity contribution < 1.29 is 9.72 Å². The number of alkyl halides is 1. The van der Waals surface area contributed by atoms with E-state index in [-0.39, 0.29) is 22.4 Å². The summed E-state index contributed by atoms with van der Waals surface area (Å²) in [4.78, 5) is 22.2. The highest BCUT2D eigenvalue weighted by atomic mass is 35.5. The zero-order valence-electron chi connectivity index (χ0n) is 11.4. The highest BCUT2D eigenvalue weighted by Crippen LogP contribution is 2.29. The Bertz CT molecular complexity index is 738. The van der Waals surface area contributed by atoms with Crippen molar-refractivity contribution in [3.8, 4) is 5.69 Å². The molecule has 2 aromatic rings. The molecule has 5 nitrogen and oxygen atoms in total. The maximum absolute atomic E-state index is 11.8. The van der Waals surface area contributed by atoms with Crippen LogP contribution in [0.1, 0.15) is 21.7 Å². The van der Waals surface area contributed by atoms with Gasteiger partial charge in [-0.2, -0.15) is 0 Å². The minimum atomic E-state index is -0.537. The standard InChI is InChI=1S/C14H12Cl2N2O3/c1-8-5-11(14(19)7-15)9(2)17(8)10-3-4-12(16)13(6-10)18(20)21/h3-6H,7H2,1-2H3. The zero-order valence-corrected chi connectivity index (χ0v) is 12.9. The summed E-state index contributed by atoms with van der Waals surface area (Å²) in [5.41, 5.74) is 2.40. The zero-order chi connectivity index (χ0) is 15.7. The molecule has 1 heterocycles. The van der Waals surface area contributed by atoms with Gasteiger partial charge in [-0.05, 0) is 32.0 Å².